The molecule has 1 N–H and O–H groups in total. The van der Waals surface area contributed by atoms with Gasteiger partial charge in [-0.3, -0.25) is 9.78 Å². The van der Waals surface area contributed by atoms with Gasteiger partial charge >= 0.3 is 0 Å². The zero-order valence-electron chi connectivity index (χ0n) is 14.2. The van der Waals surface area contributed by atoms with E-state index in [0.29, 0.717) is 6.42 Å². The summed E-state index contributed by atoms with van der Waals surface area (Å²) >= 11 is 1.59. The molecule has 0 unspecified atom stereocenters. The van der Waals surface area contributed by atoms with Crippen LogP contribution in [0.2, 0.25) is 0 Å². The van der Waals surface area contributed by atoms with Crippen molar-refractivity contribution in [2.24, 2.45) is 0 Å². The molecule has 3 aromatic rings. The minimum Gasteiger partial charge on any atom is -0.344 e. The highest BCUT2D eigenvalue weighted by Gasteiger charge is 2.29. The number of carbonyl (C=O) groups excluding carboxylic acids is 1. The predicted molar refractivity (Wildman–Crippen MR) is 98.1 cm³/mol. The number of aromatic nitrogens is 2. The lowest BCUT2D eigenvalue weighted by Crippen LogP contribution is -2.43. The Labute approximate surface area is 146 Å². The van der Waals surface area contributed by atoms with Crippen molar-refractivity contribution >= 4 is 28.1 Å². The highest BCUT2D eigenvalue weighted by Crippen LogP contribution is 2.28. The van der Waals surface area contributed by atoms with Gasteiger partial charge in [0.15, 0.2) is 0 Å². The zero-order chi connectivity index (χ0) is 17.2. The normalized spacial score (nSPS) is 13.6. The third kappa shape index (κ3) is 3.31. The number of benzene rings is 1. The Morgan fingerprint density at radius 3 is 2.79 bits per heavy atom. The summed E-state index contributed by atoms with van der Waals surface area (Å²) in [6, 6.07) is 9.86. The molecule has 0 spiro atoms. The van der Waals surface area contributed by atoms with E-state index >= 15 is 0 Å². The van der Waals surface area contributed by atoms with Gasteiger partial charge in [-0.05, 0) is 31.9 Å². The predicted octanol–water partition coefficient (Wildman–Crippen LogP) is 3.98. The number of nitrogens with one attached hydrogen (secondary N) is 1. The molecule has 2 heterocycles. The van der Waals surface area contributed by atoms with Gasteiger partial charge in [0, 0.05) is 22.7 Å². The number of nitrogens with zero attached hydrogens (tertiary/aromatic N) is 2. The van der Waals surface area contributed by atoms with Crippen LogP contribution in [0.15, 0.2) is 41.9 Å². The molecule has 24 heavy (non-hydrogen) atoms. The molecular weight excluding hydrogens is 318 g/mol. The van der Waals surface area contributed by atoms with Crippen molar-refractivity contribution in [3.63, 3.8) is 0 Å². The van der Waals surface area contributed by atoms with Crippen LogP contribution < -0.4 is 5.32 Å². The summed E-state index contributed by atoms with van der Waals surface area (Å²) in [6.07, 6.45) is 2.87. The van der Waals surface area contributed by atoms with Gasteiger partial charge in [-0.15, -0.1) is 11.3 Å². The van der Waals surface area contributed by atoms with Crippen molar-refractivity contribution in [2.75, 3.05) is 0 Å². The fraction of sp³-hybridized carbons (Fsp3) is 0.316. The smallest absolute Gasteiger partial charge is 0.225 e. The second-order valence-electron chi connectivity index (χ2n) is 6.20. The maximum Gasteiger partial charge on any atom is 0.225 e. The molecule has 0 saturated heterocycles. The van der Waals surface area contributed by atoms with Crippen LogP contribution in [0.4, 0.5) is 0 Å². The Kier molecular flexibility index (Phi) is 4.62. The number of para-hydroxylation sites is 1. The van der Waals surface area contributed by atoms with E-state index in [1.54, 1.807) is 17.5 Å². The van der Waals surface area contributed by atoms with Gasteiger partial charge in [0.25, 0.3) is 0 Å². The van der Waals surface area contributed by atoms with Crippen LogP contribution in [0, 0.1) is 6.92 Å². The quantitative estimate of drug-likeness (QED) is 0.765. The second kappa shape index (κ2) is 6.69. The number of carbonyl (C=O) groups is 1. The van der Waals surface area contributed by atoms with Crippen molar-refractivity contribution in [3.8, 4) is 0 Å². The van der Waals surface area contributed by atoms with Crippen molar-refractivity contribution in [1.82, 2.24) is 15.3 Å². The molecule has 4 nitrogen and oxygen atoms in total. The summed E-state index contributed by atoms with van der Waals surface area (Å²) in [4.78, 5) is 21.6. The van der Waals surface area contributed by atoms with Gasteiger partial charge in [-0.1, -0.05) is 31.2 Å². The number of hydrogen-bond donors (Lipinski definition) is 1. The van der Waals surface area contributed by atoms with E-state index in [-0.39, 0.29) is 5.91 Å². The summed E-state index contributed by atoms with van der Waals surface area (Å²) in [5.41, 5.74) is 2.38. The zero-order valence-corrected chi connectivity index (χ0v) is 15.0. The SMILES string of the molecule is CC[C@](C)(NC(=O)Cc1cccc2cccnc12)c1nc(C)cs1. The van der Waals surface area contributed by atoms with Crippen LogP contribution in [0.1, 0.15) is 36.5 Å². The highest BCUT2D eigenvalue weighted by atomic mass is 32.1. The first-order valence-corrected chi connectivity index (χ1v) is 8.96. The fourth-order valence-electron chi connectivity index (χ4n) is 2.74. The average molecular weight is 339 g/mol. The summed E-state index contributed by atoms with van der Waals surface area (Å²) in [5.74, 6) is -0.00893. The molecule has 0 fully saturated rings. The fourth-order valence-corrected chi connectivity index (χ4v) is 3.72. The van der Waals surface area contributed by atoms with Gasteiger partial charge in [0.05, 0.1) is 17.5 Å². The molecule has 5 heteroatoms. The molecular formula is C19H21N3OS. The van der Waals surface area contributed by atoms with Crippen molar-refractivity contribution < 1.29 is 4.79 Å². The lowest BCUT2D eigenvalue weighted by atomic mass is 9.98. The average Bonchev–Trinajstić information content (AvgIpc) is 3.02. The summed E-state index contributed by atoms with van der Waals surface area (Å²) in [6.45, 7) is 6.07. The minimum atomic E-state index is -0.436. The Balaban J connectivity index is 1.81. The largest absolute Gasteiger partial charge is 0.344 e. The van der Waals surface area contributed by atoms with Crippen molar-refractivity contribution in [3.05, 3.63) is 58.2 Å². The first-order chi connectivity index (χ1) is 11.5. The van der Waals surface area contributed by atoms with Crippen LogP contribution in [0.5, 0.6) is 0 Å². The summed E-state index contributed by atoms with van der Waals surface area (Å²) in [7, 11) is 0. The number of thiazole rings is 1. The molecule has 3 rings (SSSR count). The Morgan fingerprint density at radius 1 is 1.29 bits per heavy atom. The molecule has 0 radical (unpaired) electrons. The van der Waals surface area contributed by atoms with Crippen LogP contribution in [0.25, 0.3) is 10.9 Å². The minimum absolute atomic E-state index is 0.00893. The molecule has 0 bridgehead atoms. The standard InChI is InChI=1S/C19H21N3OS/c1-4-19(3,18-21-13(2)12-24-18)22-16(23)11-15-8-5-7-14-9-6-10-20-17(14)15/h5-10,12H,4,11H2,1-3H3,(H,22,23)/t19-/m0/s1. The Hall–Kier alpha value is -2.27. The third-order valence-corrected chi connectivity index (χ3v) is 5.50. The van der Waals surface area contributed by atoms with E-state index < -0.39 is 5.54 Å². The second-order valence-corrected chi connectivity index (χ2v) is 7.06. The number of amides is 1. The maximum atomic E-state index is 12.6. The highest BCUT2D eigenvalue weighted by molar-refractivity contribution is 7.09. The molecule has 0 aliphatic rings. The molecule has 124 valence electrons. The van der Waals surface area contributed by atoms with E-state index in [1.807, 2.05) is 49.6 Å². The topological polar surface area (TPSA) is 54.9 Å². The van der Waals surface area contributed by atoms with Crippen LogP contribution in [0.3, 0.4) is 0 Å². The van der Waals surface area contributed by atoms with E-state index in [4.69, 9.17) is 0 Å². The molecule has 0 aliphatic heterocycles. The van der Waals surface area contributed by atoms with Gasteiger partial charge in [0.1, 0.15) is 5.01 Å². The van der Waals surface area contributed by atoms with E-state index in [2.05, 4.69) is 22.2 Å². The van der Waals surface area contributed by atoms with E-state index in [9.17, 15) is 4.79 Å². The summed E-state index contributed by atoms with van der Waals surface area (Å²) in [5, 5.41) is 7.19. The van der Waals surface area contributed by atoms with E-state index in [1.165, 1.54) is 0 Å². The number of fused-ring (bicyclic) bond motifs is 1. The molecule has 0 aliphatic carbocycles. The van der Waals surface area contributed by atoms with Crippen LogP contribution in [-0.2, 0) is 16.8 Å². The number of rotatable bonds is 5. The van der Waals surface area contributed by atoms with Crippen molar-refractivity contribution in [1.29, 1.82) is 0 Å². The lowest BCUT2D eigenvalue weighted by molar-refractivity contribution is -0.122. The van der Waals surface area contributed by atoms with Crippen LogP contribution >= 0.6 is 11.3 Å². The lowest BCUT2D eigenvalue weighted by Gasteiger charge is -2.27. The monoisotopic (exact) mass is 339 g/mol. The maximum absolute atomic E-state index is 12.6. The number of aryl methyl sites for hydroxylation is 1. The van der Waals surface area contributed by atoms with Crippen LogP contribution in [-0.4, -0.2) is 15.9 Å². The Morgan fingerprint density at radius 2 is 2.08 bits per heavy atom. The molecule has 1 amide bonds. The molecule has 0 saturated carbocycles. The summed E-state index contributed by atoms with van der Waals surface area (Å²) < 4.78 is 0. The van der Waals surface area contributed by atoms with E-state index in [0.717, 1.165) is 33.6 Å². The Bertz CT molecular complexity index is 868. The number of hydrogen-bond acceptors (Lipinski definition) is 4. The molecule has 1 atom stereocenters. The third-order valence-electron chi connectivity index (χ3n) is 4.28. The first kappa shape index (κ1) is 16.6. The number of pyridine rings is 1. The van der Waals surface area contributed by atoms with Gasteiger partial charge in [-0.25, -0.2) is 4.98 Å². The first-order valence-electron chi connectivity index (χ1n) is 8.08. The molecule has 1 aromatic carbocycles. The molecule has 2 aromatic heterocycles. The van der Waals surface area contributed by atoms with Gasteiger partial charge in [-0.2, -0.15) is 0 Å². The van der Waals surface area contributed by atoms with Gasteiger partial charge < -0.3 is 5.32 Å². The van der Waals surface area contributed by atoms with Crippen molar-refractivity contribution in [2.45, 2.75) is 39.2 Å². The van der Waals surface area contributed by atoms with Gasteiger partial charge in [0.2, 0.25) is 5.91 Å².